The Morgan fingerprint density at radius 3 is 2.58 bits per heavy atom. The maximum Gasteiger partial charge on any atom is 0.337 e. The average molecular weight is 260 g/mol. The van der Waals surface area contributed by atoms with E-state index in [0.29, 0.717) is 11.5 Å². The SMILES string of the molecule is Cc1nc(C(=O)Nc2ccnn2C)ccc1C(=O)O. The maximum absolute atomic E-state index is 11.9. The number of anilines is 1. The third-order valence-electron chi connectivity index (χ3n) is 2.61. The molecule has 0 saturated heterocycles. The minimum atomic E-state index is -1.07. The predicted octanol–water partition coefficient (Wildman–Crippen LogP) is 1.07. The van der Waals surface area contributed by atoms with Crippen LogP contribution in [0.4, 0.5) is 5.82 Å². The molecule has 0 atom stereocenters. The molecule has 0 aliphatic rings. The number of amides is 1. The smallest absolute Gasteiger partial charge is 0.337 e. The van der Waals surface area contributed by atoms with Crippen molar-refractivity contribution in [3.05, 3.63) is 41.3 Å². The van der Waals surface area contributed by atoms with Gasteiger partial charge in [0.25, 0.3) is 5.91 Å². The molecule has 19 heavy (non-hydrogen) atoms. The number of carbonyl (C=O) groups is 2. The van der Waals surface area contributed by atoms with Crippen LogP contribution in [0.5, 0.6) is 0 Å². The quantitative estimate of drug-likeness (QED) is 0.860. The molecule has 0 aromatic carbocycles. The lowest BCUT2D eigenvalue weighted by molar-refractivity contribution is 0.0695. The van der Waals surface area contributed by atoms with E-state index < -0.39 is 11.9 Å². The molecule has 2 aromatic rings. The second-order valence-electron chi connectivity index (χ2n) is 3.93. The normalized spacial score (nSPS) is 10.2. The summed E-state index contributed by atoms with van der Waals surface area (Å²) in [6.07, 6.45) is 1.56. The molecule has 0 bridgehead atoms. The summed E-state index contributed by atoms with van der Waals surface area (Å²) in [5, 5.41) is 15.4. The Hall–Kier alpha value is -2.70. The van der Waals surface area contributed by atoms with E-state index in [1.165, 1.54) is 16.8 Å². The molecule has 0 unspecified atom stereocenters. The van der Waals surface area contributed by atoms with Crippen LogP contribution in [0.25, 0.3) is 0 Å². The van der Waals surface area contributed by atoms with E-state index in [1.54, 1.807) is 26.2 Å². The number of hydrogen-bond donors (Lipinski definition) is 2. The van der Waals surface area contributed by atoms with Gasteiger partial charge < -0.3 is 10.4 Å². The molecule has 0 aliphatic heterocycles. The summed E-state index contributed by atoms with van der Waals surface area (Å²) in [7, 11) is 1.70. The van der Waals surface area contributed by atoms with Crippen LogP contribution in [0.2, 0.25) is 0 Å². The fourth-order valence-electron chi connectivity index (χ4n) is 1.59. The lowest BCUT2D eigenvalue weighted by Gasteiger charge is -2.06. The number of carbonyl (C=O) groups excluding carboxylic acids is 1. The largest absolute Gasteiger partial charge is 0.478 e. The van der Waals surface area contributed by atoms with Crippen LogP contribution < -0.4 is 5.32 Å². The second-order valence-corrected chi connectivity index (χ2v) is 3.93. The molecule has 98 valence electrons. The molecule has 2 heterocycles. The number of carboxylic acid groups (broad SMARTS) is 1. The first-order valence-corrected chi connectivity index (χ1v) is 5.49. The van der Waals surface area contributed by atoms with E-state index in [9.17, 15) is 9.59 Å². The predicted molar refractivity (Wildman–Crippen MR) is 67.1 cm³/mol. The Morgan fingerprint density at radius 2 is 2.05 bits per heavy atom. The second kappa shape index (κ2) is 4.89. The number of nitrogens with zero attached hydrogens (tertiary/aromatic N) is 3. The van der Waals surface area contributed by atoms with Gasteiger partial charge >= 0.3 is 5.97 Å². The van der Waals surface area contributed by atoms with Gasteiger partial charge in [-0.3, -0.25) is 9.48 Å². The molecule has 2 aromatic heterocycles. The van der Waals surface area contributed by atoms with Crippen molar-refractivity contribution in [2.45, 2.75) is 6.92 Å². The van der Waals surface area contributed by atoms with E-state index in [1.807, 2.05) is 0 Å². The number of aromatic nitrogens is 3. The third kappa shape index (κ3) is 2.59. The molecular weight excluding hydrogens is 248 g/mol. The van der Waals surface area contributed by atoms with Crippen molar-refractivity contribution in [3.63, 3.8) is 0 Å². The number of pyridine rings is 1. The fraction of sp³-hybridized carbons (Fsp3) is 0.167. The van der Waals surface area contributed by atoms with Gasteiger partial charge in [-0.2, -0.15) is 5.10 Å². The first-order chi connectivity index (χ1) is 8.99. The zero-order valence-corrected chi connectivity index (χ0v) is 10.4. The summed E-state index contributed by atoms with van der Waals surface area (Å²) in [5.74, 6) is -0.945. The molecule has 1 amide bonds. The van der Waals surface area contributed by atoms with E-state index in [2.05, 4.69) is 15.4 Å². The topological polar surface area (TPSA) is 97.1 Å². The van der Waals surface area contributed by atoms with Crippen LogP contribution >= 0.6 is 0 Å². The van der Waals surface area contributed by atoms with Crippen LogP contribution in [0.15, 0.2) is 24.4 Å². The lowest BCUT2D eigenvalue weighted by Crippen LogP contribution is -2.17. The Bertz CT molecular complexity index is 648. The number of carboxylic acids is 1. The molecule has 0 radical (unpaired) electrons. The van der Waals surface area contributed by atoms with Gasteiger partial charge in [0, 0.05) is 13.1 Å². The van der Waals surface area contributed by atoms with Crippen LogP contribution in [-0.4, -0.2) is 31.7 Å². The van der Waals surface area contributed by atoms with Crippen molar-refractivity contribution in [3.8, 4) is 0 Å². The van der Waals surface area contributed by atoms with Crippen molar-refractivity contribution in [1.82, 2.24) is 14.8 Å². The number of aromatic carboxylic acids is 1. The van der Waals surface area contributed by atoms with Gasteiger partial charge in [0.2, 0.25) is 0 Å². The standard InChI is InChI=1S/C12H12N4O3/c1-7-8(12(18)19)3-4-9(14-7)11(17)15-10-5-6-13-16(10)2/h3-6H,1-2H3,(H,15,17)(H,18,19). The Labute approximate surface area is 108 Å². The highest BCUT2D eigenvalue weighted by molar-refractivity contribution is 6.02. The lowest BCUT2D eigenvalue weighted by atomic mass is 10.2. The van der Waals surface area contributed by atoms with Gasteiger partial charge in [0.1, 0.15) is 11.5 Å². The summed E-state index contributed by atoms with van der Waals surface area (Å²) in [6.45, 7) is 1.55. The maximum atomic E-state index is 11.9. The summed E-state index contributed by atoms with van der Waals surface area (Å²) in [4.78, 5) is 26.8. The minimum absolute atomic E-state index is 0.0806. The van der Waals surface area contributed by atoms with Crippen LogP contribution in [0.1, 0.15) is 26.5 Å². The van der Waals surface area contributed by atoms with E-state index in [0.717, 1.165) is 0 Å². The number of rotatable bonds is 3. The molecule has 2 rings (SSSR count). The Morgan fingerprint density at radius 1 is 1.32 bits per heavy atom. The molecule has 0 spiro atoms. The molecule has 0 fully saturated rings. The Balaban J connectivity index is 2.23. The van der Waals surface area contributed by atoms with Gasteiger partial charge in [-0.1, -0.05) is 0 Å². The van der Waals surface area contributed by atoms with Crippen molar-refractivity contribution < 1.29 is 14.7 Å². The van der Waals surface area contributed by atoms with E-state index in [-0.39, 0.29) is 11.3 Å². The monoisotopic (exact) mass is 260 g/mol. The van der Waals surface area contributed by atoms with Crippen molar-refractivity contribution in [1.29, 1.82) is 0 Å². The fourth-order valence-corrected chi connectivity index (χ4v) is 1.59. The van der Waals surface area contributed by atoms with Gasteiger partial charge in [-0.25, -0.2) is 9.78 Å². The molecule has 0 saturated carbocycles. The van der Waals surface area contributed by atoms with Crippen LogP contribution in [0.3, 0.4) is 0 Å². The van der Waals surface area contributed by atoms with Crippen molar-refractivity contribution >= 4 is 17.7 Å². The highest BCUT2D eigenvalue weighted by Crippen LogP contribution is 2.10. The van der Waals surface area contributed by atoms with Crippen molar-refractivity contribution in [2.24, 2.45) is 7.05 Å². The van der Waals surface area contributed by atoms with Crippen molar-refractivity contribution in [2.75, 3.05) is 5.32 Å². The molecule has 7 nitrogen and oxygen atoms in total. The van der Waals surface area contributed by atoms with Crippen LogP contribution in [-0.2, 0) is 7.05 Å². The summed E-state index contributed by atoms with van der Waals surface area (Å²) in [6, 6.07) is 4.39. The molecular formula is C12H12N4O3. The third-order valence-corrected chi connectivity index (χ3v) is 2.61. The zero-order chi connectivity index (χ0) is 14.0. The molecule has 7 heteroatoms. The average Bonchev–Trinajstić information content (AvgIpc) is 2.74. The first-order valence-electron chi connectivity index (χ1n) is 5.49. The molecule has 2 N–H and O–H groups in total. The van der Waals surface area contributed by atoms with E-state index in [4.69, 9.17) is 5.11 Å². The van der Waals surface area contributed by atoms with Gasteiger partial charge in [-0.15, -0.1) is 0 Å². The van der Waals surface area contributed by atoms with Crippen LogP contribution in [0, 0.1) is 6.92 Å². The highest BCUT2D eigenvalue weighted by Gasteiger charge is 2.14. The summed E-state index contributed by atoms with van der Waals surface area (Å²) >= 11 is 0. The molecule has 0 aliphatic carbocycles. The first kappa shape index (κ1) is 12.7. The Kier molecular flexibility index (Phi) is 3.28. The summed E-state index contributed by atoms with van der Waals surface area (Å²) < 4.78 is 1.51. The summed E-state index contributed by atoms with van der Waals surface area (Å²) in [5.41, 5.74) is 0.533. The zero-order valence-electron chi connectivity index (χ0n) is 10.4. The highest BCUT2D eigenvalue weighted by atomic mass is 16.4. The number of aryl methyl sites for hydroxylation is 2. The van der Waals surface area contributed by atoms with Gasteiger partial charge in [-0.05, 0) is 19.1 Å². The number of hydrogen-bond acceptors (Lipinski definition) is 4. The van der Waals surface area contributed by atoms with Gasteiger partial charge in [0.15, 0.2) is 0 Å². The minimum Gasteiger partial charge on any atom is -0.478 e. The van der Waals surface area contributed by atoms with Gasteiger partial charge in [0.05, 0.1) is 17.5 Å². The number of nitrogens with one attached hydrogen (secondary N) is 1. The van der Waals surface area contributed by atoms with E-state index >= 15 is 0 Å².